The van der Waals surface area contributed by atoms with E-state index in [-0.39, 0.29) is 17.1 Å². The van der Waals surface area contributed by atoms with Gasteiger partial charge in [-0.3, -0.25) is 14.9 Å². The number of imidazole rings is 1. The molecule has 38 heavy (non-hydrogen) atoms. The standard InChI is InChI=1S/C26H18F3N3O5S/c1-13-8-18-19(9-14(13)2)31-24(33)23(38-25(31)30-18)11-15-4-6-21(22(10-15)36-3)37-20-7-5-16(32(34)35)12-17(20)26(27,28)29/h4-12H,1-3H3/b23-11-. The molecule has 0 spiro atoms. The van der Waals surface area contributed by atoms with Gasteiger partial charge in [0.2, 0.25) is 0 Å². The second-order valence-corrected chi connectivity index (χ2v) is 9.53. The Morgan fingerprint density at radius 2 is 1.74 bits per heavy atom. The van der Waals surface area contributed by atoms with Crippen LogP contribution in [-0.2, 0) is 6.18 Å². The third kappa shape index (κ3) is 4.43. The molecule has 0 atom stereocenters. The summed E-state index contributed by atoms with van der Waals surface area (Å²) in [4.78, 5) is 28.3. The highest BCUT2D eigenvalue weighted by Crippen LogP contribution is 2.42. The van der Waals surface area contributed by atoms with Gasteiger partial charge < -0.3 is 9.47 Å². The number of aromatic nitrogens is 2. The van der Waals surface area contributed by atoms with Crippen LogP contribution >= 0.6 is 11.3 Å². The topological polar surface area (TPSA) is 96.0 Å². The highest BCUT2D eigenvalue weighted by Gasteiger charge is 2.36. The van der Waals surface area contributed by atoms with Gasteiger partial charge in [-0.15, -0.1) is 0 Å². The zero-order valence-corrected chi connectivity index (χ0v) is 20.9. The second kappa shape index (κ2) is 9.14. The average Bonchev–Trinajstić information content (AvgIpc) is 3.35. The van der Waals surface area contributed by atoms with Crippen molar-refractivity contribution in [3.8, 4) is 17.2 Å². The van der Waals surface area contributed by atoms with Gasteiger partial charge in [0, 0.05) is 12.1 Å². The molecule has 0 radical (unpaired) electrons. The molecule has 0 aliphatic carbocycles. The van der Waals surface area contributed by atoms with Gasteiger partial charge in [0.05, 0.1) is 27.6 Å². The number of nitrogens with zero attached hydrogens (tertiary/aromatic N) is 3. The molecule has 0 saturated heterocycles. The van der Waals surface area contributed by atoms with Crippen LogP contribution in [0.15, 0.2) is 53.3 Å². The summed E-state index contributed by atoms with van der Waals surface area (Å²) < 4.78 is 53.4. The van der Waals surface area contributed by atoms with Crippen LogP contribution in [0.5, 0.6) is 17.2 Å². The lowest BCUT2D eigenvalue weighted by molar-refractivity contribution is -0.385. The van der Waals surface area contributed by atoms with Gasteiger partial charge in [-0.25, -0.2) is 9.38 Å². The molecule has 5 aromatic rings. The molecular formula is C26H18F3N3O5S. The van der Waals surface area contributed by atoms with E-state index in [4.69, 9.17) is 9.47 Å². The van der Waals surface area contributed by atoms with Gasteiger partial charge >= 0.3 is 6.18 Å². The van der Waals surface area contributed by atoms with Crippen molar-refractivity contribution in [2.45, 2.75) is 20.0 Å². The van der Waals surface area contributed by atoms with Gasteiger partial charge in [0.25, 0.3) is 11.2 Å². The number of fused-ring (bicyclic) bond motifs is 3. The summed E-state index contributed by atoms with van der Waals surface area (Å²) in [5.74, 6) is -0.545. The number of alkyl halides is 3. The largest absolute Gasteiger partial charge is 0.493 e. The predicted octanol–water partition coefficient (Wildman–Crippen LogP) is 5.80. The summed E-state index contributed by atoms with van der Waals surface area (Å²) >= 11 is 1.22. The van der Waals surface area contributed by atoms with Gasteiger partial charge in [0.1, 0.15) is 11.3 Å². The fraction of sp³-hybridized carbons (Fsp3) is 0.154. The fourth-order valence-electron chi connectivity index (χ4n) is 3.99. The van der Waals surface area contributed by atoms with E-state index < -0.39 is 28.1 Å². The number of hydrogen-bond acceptors (Lipinski definition) is 7. The highest BCUT2D eigenvalue weighted by molar-refractivity contribution is 7.15. The number of non-ortho nitro benzene ring substituents is 1. The number of nitro benzene ring substituents is 1. The number of methoxy groups -OCH3 is 1. The zero-order valence-electron chi connectivity index (χ0n) is 20.1. The Bertz CT molecular complexity index is 1860. The maximum Gasteiger partial charge on any atom is 0.420 e. The predicted molar refractivity (Wildman–Crippen MR) is 136 cm³/mol. The Morgan fingerprint density at radius 3 is 2.42 bits per heavy atom. The van der Waals surface area contributed by atoms with E-state index in [1.54, 1.807) is 16.5 Å². The number of benzene rings is 3. The summed E-state index contributed by atoms with van der Waals surface area (Å²) in [6, 6.07) is 10.6. The number of halogens is 3. The molecule has 8 nitrogen and oxygen atoms in total. The normalized spacial score (nSPS) is 12.4. The minimum absolute atomic E-state index is 0.0378. The van der Waals surface area contributed by atoms with Crippen LogP contribution in [0.1, 0.15) is 22.3 Å². The number of ether oxygens (including phenoxy) is 2. The molecule has 3 aromatic carbocycles. The fourth-order valence-corrected chi connectivity index (χ4v) is 4.98. The first-order chi connectivity index (χ1) is 18.0. The van der Waals surface area contributed by atoms with Crippen molar-refractivity contribution in [2.75, 3.05) is 7.11 Å². The first kappa shape index (κ1) is 25.2. The number of rotatable bonds is 5. The van der Waals surface area contributed by atoms with Crippen LogP contribution < -0.4 is 19.6 Å². The van der Waals surface area contributed by atoms with Crippen molar-refractivity contribution in [3.05, 3.63) is 95.8 Å². The Balaban J connectivity index is 1.54. The molecule has 0 amide bonds. The molecule has 0 bridgehead atoms. The monoisotopic (exact) mass is 541 g/mol. The third-order valence-corrected chi connectivity index (χ3v) is 7.01. The van der Waals surface area contributed by atoms with Crippen LogP contribution in [-0.4, -0.2) is 21.4 Å². The van der Waals surface area contributed by atoms with E-state index >= 15 is 0 Å². The van der Waals surface area contributed by atoms with Crippen LogP contribution in [0.3, 0.4) is 0 Å². The molecule has 0 N–H and O–H groups in total. The Hall–Kier alpha value is -4.45. The molecule has 5 rings (SSSR count). The van der Waals surface area contributed by atoms with Gasteiger partial charge in [-0.1, -0.05) is 17.4 Å². The minimum Gasteiger partial charge on any atom is -0.493 e. The first-order valence-corrected chi connectivity index (χ1v) is 11.9. The molecule has 0 saturated carbocycles. The number of nitro groups is 1. The zero-order chi connectivity index (χ0) is 27.4. The number of thiazole rings is 1. The second-order valence-electron chi connectivity index (χ2n) is 8.52. The quantitative estimate of drug-likeness (QED) is 0.206. The lowest BCUT2D eigenvalue weighted by Gasteiger charge is -2.15. The van der Waals surface area contributed by atoms with E-state index in [9.17, 15) is 28.1 Å². The van der Waals surface area contributed by atoms with Gasteiger partial charge in [0.15, 0.2) is 16.5 Å². The van der Waals surface area contributed by atoms with Gasteiger partial charge in [-0.05, 0) is 66.9 Å². The Labute approximate surface area is 216 Å². The van der Waals surface area contributed by atoms with E-state index in [1.807, 2.05) is 26.0 Å². The van der Waals surface area contributed by atoms with E-state index in [0.29, 0.717) is 26.6 Å². The van der Waals surface area contributed by atoms with Crippen LogP contribution in [0.4, 0.5) is 18.9 Å². The summed E-state index contributed by atoms with van der Waals surface area (Å²) in [5, 5.41) is 10.9. The molecule has 2 aromatic heterocycles. The number of hydrogen-bond donors (Lipinski definition) is 0. The molecule has 194 valence electrons. The minimum atomic E-state index is -4.88. The molecule has 2 heterocycles. The van der Waals surface area contributed by atoms with Crippen molar-refractivity contribution in [3.63, 3.8) is 0 Å². The maximum absolute atomic E-state index is 13.5. The summed E-state index contributed by atoms with van der Waals surface area (Å²) in [6.07, 6.45) is -3.25. The van der Waals surface area contributed by atoms with Gasteiger partial charge in [-0.2, -0.15) is 13.2 Å². The van der Waals surface area contributed by atoms with Crippen molar-refractivity contribution >= 4 is 39.1 Å². The molecule has 0 aliphatic rings. The first-order valence-electron chi connectivity index (χ1n) is 11.1. The molecule has 0 fully saturated rings. The molecular weight excluding hydrogens is 523 g/mol. The van der Waals surface area contributed by atoms with Crippen LogP contribution in [0.25, 0.3) is 22.1 Å². The molecule has 12 heteroatoms. The van der Waals surface area contributed by atoms with E-state index in [0.717, 1.165) is 28.8 Å². The van der Waals surface area contributed by atoms with Crippen LogP contribution in [0.2, 0.25) is 0 Å². The average molecular weight is 542 g/mol. The number of aryl methyl sites for hydroxylation is 2. The highest BCUT2D eigenvalue weighted by atomic mass is 32.1. The summed E-state index contributed by atoms with van der Waals surface area (Å²) in [6.45, 7) is 3.94. The van der Waals surface area contributed by atoms with Crippen molar-refractivity contribution in [1.82, 2.24) is 9.38 Å². The van der Waals surface area contributed by atoms with Crippen molar-refractivity contribution in [1.29, 1.82) is 0 Å². The van der Waals surface area contributed by atoms with E-state index in [2.05, 4.69) is 4.98 Å². The molecule has 0 aliphatic heterocycles. The lowest BCUT2D eigenvalue weighted by atomic mass is 10.1. The SMILES string of the molecule is COc1cc(/C=c2\sc3nc4cc(C)c(C)cc4n3c2=O)ccc1Oc1ccc([N+](=O)[O-])cc1C(F)(F)F. The van der Waals surface area contributed by atoms with Crippen molar-refractivity contribution < 1.29 is 27.6 Å². The van der Waals surface area contributed by atoms with Crippen LogP contribution in [0, 0.1) is 24.0 Å². The summed E-state index contributed by atoms with van der Waals surface area (Å²) in [5.41, 5.74) is 1.87. The lowest BCUT2D eigenvalue weighted by Crippen LogP contribution is -2.22. The maximum atomic E-state index is 13.5. The van der Waals surface area contributed by atoms with E-state index in [1.165, 1.54) is 30.6 Å². The van der Waals surface area contributed by atoms with Crippen molar-refractivity contribution in [2.24, 2.45) is 0 Å². The smallest absolute Gasteiger partial charge is 0.420 e. The summed E-state index contributed by atoms with van der Waals surface area (Å²) in [7, 11) is 1.32. The third-order valence-electron chi connectivity index (χ3n) is 6.04. The molecule has 0 unspecified atom stereocenters. The Kier molecular flexibility index (Phi) is 6.06. The Morgan fingerprint density at radius 1 is 1.03 bits per heavy atom.